The monoisotopic (exact) mass is 321 g/mol. The molecule has 0 aliphatic rings. The van der Waals surface area contributed by atoms with Gasteiger partial charge in [-0.2, -0.15) is 5.10 Å². The van der Waals surface area contributed by atoms with Gasteiger partial charge in [0.25, 0.3) is 0 Å². The van der Waals surface area contributed by atoms with E-state index in [0.29, 0.717) is 6.61 Å². The zero-order valence-electron chi connectivity index (χ0n) is 13.7. The van der Waals surface area contributed by atoms with E-state index in [1.165, 1.54) is 0 Å². The molecule has 3 aromatic heterocycles. The number of benzene rings is 1. The van der Waals surface area contributed by atoms with E-state index in [1.807, 2.05) is 24.1 Å². The summed E-state index contributed by atoms with van der Waals surface area (Å²) >= 11 is 0. The minimum absolute atomic E-state index is 0.640. The van der Waals surface area contributed by atoms with Gasteiger partial charge in [0, 0.05) is 37.7 Å². The van der Waals surface area contributed by atoms with Crippen molar-refractivity contribution in [2.75, 3.05) is 25.6 Å². The van der Waals surface area contributed by atoms with Gasteiger partial charge in [0.15, 0.2) is 0 Å². The lowest BCUT2D eigenvalue weighted by Crippen LogP contribution is -2.08. The first kappa shape index (κ1) is 14.7. The summed E-state index contributed by atoms with van der Waals surface area (Å²) in [6.45, 7) is 1.36. The van der Waals surface area contributed by atoms with E-state index in [1.54, 1.807) is 7.11 Å². The van der Waals surface area contributed by atoms with E-state index in [2.05, 4.69) is 50.7 Å². The summed E-state index contributed by atoms with van der Waals surface area (Å²) in [5.41, 5.74) is 4.29. The summed E-state index contributed by atoms with van der Waals surface area (Å²) in [5, 5.41) is 9.86. The molecule has 6 heteroatoms. The van der Waals surface area contributed by atoms with E-state index in [4.69, 9.17) is 4.74 Å². The molecular weight excluding hydrogens is 302 g/mol. The highest BCUT2D eigenvalue weighted by Gasteiger charge is 2.10. The summed E-state index contributed by atoms with van der Waals surface area (Å²) in [6.07, 6.45) is 3.81. The van der Waals surface area contributed by atoms with Gasteiger partial charge in [-0.1, -0.05) is 6.07 Å². The van der Waals surface area contributed by atoms with E-state index >= 15 is 0 Å². The van der Waals surface area contributed by atoms with Crippen LogP contribution < -0.4 is 5.32 Å². The van der Waals surface area contributed by atoms with Crippen LogP contribution in [0.15, 0.2) is 42.7 Å². The quantitative estimate of drug-likeness (QED) is 0.554. The first-order valence-electron chi connectivity index (χ1n) is 7.89. The molecule has 0 radical (unpaired) electrons. The number of fused-ring (bicyclic) bond motifs is 2. The van der Waals surface area contributed by atoms with Crippen molar-refractivity contribution in [3.05, 3.63) is 42.7 Å². The third kappa shape index (κ3) is 2.51. The van der Waals surface area contributed by atoms with Crippen molar-refractivity contribution in [3.8, 4) is 11.1 Å². The lowest BCUT2D eigenvalue weighted by Gasteiger charge is -2.09. The molecule has 0 spiro atoms. The second kappa shape index (κ2) is 5.98. The summed E-state index contributed by atoms with van der Waals surface area (Å²) in [6, 6.07) is 10.6. The number of pyridine rings is 1. The Kier molecular flexibility index (Phi) is 3.66. The third-order valence-corrected chi connectivity index (χ3v) is 4.20. The number of methoxy groups -OCH3 is 1. The number of aromatic nitrogens is 4. The topological polar surface area (TPSA) is 67.8 Å². The Morgan fingerprint density at radius 3 is 3.04 bits per heavy atom. The van der Waals surface area contributed by atoms with E-state index in [0.717, 1.165) is 45.4 Å². The Balaban J connectivity index is 1.82. The van der Waals surface area contributed by atoms with Gasteiger partial charge in [-0.25, -0.2) is 4.98 Å². The minimum Gasteiger partial charge on any atom is -0.383 e. The largest absolute Gasteiger partial charge is 0.383 e. The average Bonchev–Trinajstić information content (AvgIpc) is 3.21. The number of nitrogens with one attached hydrogen (secondary N) is 2. The smallest absolute Gasteiger partial charge is 0.140 e. The maximum atomic E-state index is 5.09. The molecule has 2 N–H and O–H groups in total. The molecule has 0 aliphatic carbocycles. The molecule has 0 bridgehead atoms. The number of hydrogen-bond acceptors (Lipinski definition) is 4. The summed E-state index contributed by atoms with van der Waals surface area (Å²) in [7, 11) is 3.65. The van der Waals surface area contributed by atoms with Gasteiger partial charge >= 0.3 is 0 Å². The average molecular weight is 321 g/mol. The van der Waals surface area contributed by atoms with Crippen molar-refractivity contribution in [1.82, 2.24) is 19.7 Å². The number of aromatic amines is 1. The second-order valence-corrected chi connectivity index (χ2v) is 5.76. The van der Waals surface area contributed by atoms with Gasteiger partial charge in [-0.15, -0.1) is 0 Å². The number of rotatable bonds is 5. The summed E-state index contributed by atoms with van der Waals surface area (Å²) < 4.78 is 6.98. The molecule has 0 fully saturated rings. The molecule has 0 unspecified atom stereocenters. The molecule has 24 heavy (non-hydrogen) atoms. The summed E-state index contributed by atoms with van der Waals surface area (Å²) in [4.78, 5) is 7.82. The SMILES string of the molecule is COCCNc1cc(-c2ccc3c(cnn3C)c2)c2cc[nH]c2n1. The van der Waals surface area contributed by atoms with Gasteiger partial charge in [0.1, 0.15) is 11.5 Å². The predicted molar refractivity (Wildman–Crippen MR) is 96.2 cm³/mol. The van der Waals surface area contributed by atoms with Gasteiger partial charge in [-0.3, -0.25) is 4.68 Å². The van der Waals surface area contributed by atoms with Crippen molar-refractivity contribution in [1.29, 1.82) is 0 Å². The molecule has 0 saturated heterocycles. The van der Waals surface area contributed by atoms with Crippen molar-refractivity contribution < 1.29 is 4.74 Å². The first-order chi connectivity index (χ1) is 11.8. The van der Waals surface area contributed by atoms with Crippen LogP contribution >= 0.6 is 0 Å². The maximum absolute atomic E-state index is 5.09. The number of nitrogens with zero attached hydrogens (tertiary/aromatic N) is 3. The Morgan fingerprint density at radius 1 is 1.25 bits per heavy atom. The maximum Gasteiger partial charge on any atom is 0.140 e. The number of anilines is 1. The molecule has 122 valence electrons. The van der Waals surface area contributed by atoms with E-state index in [-0.39, 0.29) is 0 Å². The van der Waals surface area contributed by atoms with E-state index < -0.39 is 0 Å². The highest BCUT2D eigenvalue weighted by molar-refractivity contribution is 5.97. The highest BCUT2D eigenvalue weighted by atomic mass is 16.5. The molecule has 3 heterocycles. The van der Waals surface area contributed by atoms with Gasteiger partial charge in [-0.05, 0) is 35.4 Å². The normalized spacial score (nSPS) is 11.4. The number of H-pyrrole nitrogens is 1. The van der Waals surface area contributed by atoms with Crippen molar-refractivity contribution in [3.63, 3.8) is 0 Å². The van der Waals surface area contributed by atoms with Crippen LogP contribution in [0.4, 0.5) is 5.82 Å². The minimum atomic E-state index is 0.640. The molecule has 1 aromatic carbocycles. The second-order valence-electron chi connectivity index (χ2n) is 5.76. The molecule has 0 aliphatic heterocycles. The first-order valence-corrected chi connectivity index (χ1v) is 7.89. The van der Waals surface area contributed by atoms with Gasteiger partial charge in [0.2, 0.25) is 0 Å². The molecule has 0 saturated carbocycles. The zero-order chi connectivity index (χ0) is 16.5. The highest BCUT2D eigenvalue weighted by Crippen LogP contribution is 2.31. The van der Waals surface area contributed by atoms with Crippen molar-refractivity contribution in [2.45, 2.75) is 0 Å². The standard InChI is InChI=1S/C18H19N5O/c1-23-16-4-3-12(9-13(16)11-21-23)15-10-17(19-7-8-24-2)22-18-14(15)5-6-20-18/h3-6,9-11H,7-8H2,1-2H3,(H2,19,20,22). The zero-order valence-corrected chi connectivity index (χ0v) is 13.7. The fourth-order valence-corrected chi connectivity index (χ4v) is 2.98. The van der Waals surface area contributed by atoms with Crippen LogP contribution in [0.2, 0.25) is 0 Å². The Bertz CT molecular complexity index is 1000. The Hall–Kier alpha value is -2.86. The molecule has 4 aromatic rings. The van der Waals surface area contributed by atoms with Crippen LogP contribution in [-0.4, -0.2) is 40.0 Å². The molecule has 0 atom stereocenters. The van der Waals surface area contributed by atoms with Crippen LogP contribution in [0, 0.1) is 0 Å². The number of hydrogen-bond donors (Lipinski definition) is 2. The van der Waals surface area contributed by atoms with Crippen LogP contribution in [0.25, 0.3) is 33.1 Å². The fourth-order valence-electron chi connectivity index (χ4n) is 2.98. The van der Waals surface area contributed by atoms with Crippen LogP contribution in [0.3, 0.4) is 0 Å². The summed E-state index contributed by atoms with van der Waals surface area (Å²) in [5.74, 6) is 0.836. The van der Waals surface area contributed by atoms with Crippen molar-refractivity contribution in [2.24, 2.45) is 7.05 Å². The third-order valence-electron chi connectivity index (χ3n) is 4.20. The Morgan fingerprint density at radius 2 is 2.17 bits per heavy atom. The number of aryl methyl sites for hydroxylation is 1. The lowest BCUT2D eigenvalue weighted by atomic mass is 10.0. The predicted octanol–water partition coefficient (Wildman–Crippen LogP) is 3.17. The molecular formula is C18H19N5O. The van der Waals surface area contributed by atoms with E-state index in [9.17, 15) is 0 Å². The molecule has 4 rings (SSSR count). The molecule has 6 nitrogen and oxygen atoms in total. The van der Waals surface area contributed by atoms with Crippen molar-refractivity contribution >= 4 is 27.8 Å². The van der Waals surface area contributed by atoms with Gasteiger partial charge in [0.05, 0.1) is 18.3 Å². The number of ether oxygens (including phenoxy) is 1. The molecule has 0 amide bonds. The Labute approximate surface area is 139 Å². The lowest BCUT2D eigenvalue weighted by molar-refractivity contribution is 0.210. The van der Waals surface area contributed by atoms with Crippen LogP contribution in [0.1, 0.15) is 0 Å². The van der Waals surface area contributed by atoms with Crippen LogP contribution in [0.5, 0.6) is 0 Å². The fraction of sp³-hybridized carbons (Fsp3) is 0.222. The van der Waals surface area contributed by atoms with Gasteiger partial charge < -0.3 is 15.0 Å². The van der Waals surface area contributed by atoms with Crippen LogP contribution in [-0.2, 0) is 11.8 Å².